The van der Waals surface area contributed by atoms with Crippen LogP contribution in [-0.4, -0.2) is 45.1 Å². The number of ether oxygens (including phenoxy) is 2. The number of aliphatic hydroxyl groups excluding tert-OH is 1. The quantitative estimate of drug-likeness (QED) is 0.379. The number of fused-ring (bicyclic) bond motifs is 5. The summed E-state index contributed by atoms with van der Waals surface area (Å²) in [6.45, 7) is 14.3. The molecule has 216 valence electrons. The van der Waals surface area contributed by atoms with E-state index in [9.17, 15) is 10.4 Å². The molecule has 0 spiro atoms. The van der Waals surface area contributed by atoms with E-state index in [2.05, 4.69) is 96.1 Å². The van der Waals surface area contributed by atoms with Crippen LogP contribution < -0.4 is 10.4 Å². The average Bonchev–Trinajstić information content (AvgIpc) is 3.51. The van der Waals surface area contributed by atoms with E-state index in [1.807, 2.05) is 12.1 Å². The summed E-state index contributed by atoms with van der Waals surface area (Å²) in [5.74, 6) is 0.782. The molecule has 1 aliphatic heterocycles. The maximum Gasteiger partial charge on any atom is 0.261 e. The molecular weight excluding hydrogens is 514 g/mol. The maximum absolute atomic E-state index is 10.9. The van der Waals surface area contributed by atoms with Crippen LogP contribution in [0.25, 0.3) is 0 Å². The van der Waals surface area contributed by atoms with E-state index in [1.54, 1.807) is 0 Å². The Labute approximate surface area is 242 Å². The lowest BCUT2D eigenvalue weighted by Gasteiger charge is -2.43. The third-order valence-electron chi connectivity index (χ3n) is 10.8. The predicted molar refractivity (Wildman–Crippen MR) is 161 cm³/mol. The lowest BCUT2D eigenvalue weighted by molar-refractivity contribution is -0.175. The molecule has 1 heterocycles. The van der Waals surface area contributed by atoms with Crippen LogP contribution in [0.2, 0.25) is 5.04 Å². The first kappa shape index (κ1) is 29.5. The van der Waals surface area contributed by atoms with Gasteiger partial charge in [-0.2, -0.15) is 5.26 Å². The standard InChI is InChI=1S/C34H47NO4Si/c1-32(2,3)40(26-13-9-7-10-14-26,27-15-11-8-12-16-27)38-22-24(21-35)19-25(36)23-37-30-20-28-29-17-18-34(6,31(28)39-30)33(29,4)5/h7-16,24-25,28-31,36H,17-20,22-23H2,1-6H3/t24-,25+,28-,29-,30-,31-,34+/m1/s1. The number of benzene rings is 2. The van der Waals surface area contributed by atoms with Crippen molar-refractivity contribution >= 4 is 18.7 Å². The van der Waals surface area contributed by atoms with Crippen LogP contribution in [0.5, 0.6) is 0 Å². The Hall–Kier alpha value is -2.01. The Kier molecular flexibility index (Phi) is 8.11. The Morgan fingerprint density at radius 3 is 2.15 bits per heavy atom. The van der Waals surface area contributed by atoms with Gasteiger partial charge in [-0.05, 0) is 57.3 Å². The molecule has 5 rings (SSSR count). The summed E-state index contributed by atoms with van der Waals surface area (Å²) < 4.78 is 19.5. The van der Waals surface area contributed by atoms with E-state index in [0.29, 0.717) is 23.7 Å². The summed E-state index contributed by atoms with van der Waals surface area (Å²) in [5.41, 5.74) is 0.501. The summed E-state index contributed by atoms with van der Waals surface area (Å²) in [4.78, 5) is 0. The third kappa shape index (κ3) is 4.88. The smallest absolute Gasteiger partial charge is 0.261 e. The minimum Gasteiger partial charge on any atom is -0.406 e. The first-order valence-electron chi connectivity index (χ1n) is 15.0. The van der Waals surface area contributed by atoms with Crippen molar-refractivity contribution < 1.29 is 19.0 Å². The molecule has 7 atom stereocenters. The van der Waals surface area contributed by atoms with Crippen molar-refractivity contribution in [1.82, 2.24) is 0 Å². The minimum atomic E-state index is -2.74. The van der Waals surface area contributed by atoms with Crippen molar-refractivity contribution in [3.05, 3.63) is 60.7 Å². The highest BCUT2D eigenvalue weighted by molar-refractivity contribution is 6.99. The van der Waals surface area contributed by atoms with Gasteiger partial charge < -0.3 is 19.0 Å². The molecule has 2 aromatic rings. The molecule has 2 aliphatic carbocycles. The topological polar surface area (TPSA) is 71.7 Å². The van der Waals surface area contributed by atoms with Gasteiger partial charge in [0.05, 0.1) is 37.4 Å². The Balaban J connectivity index is 1.22. The fraction of sp³-hybridized carbons (Fsp3) is 0.618. The van der Waals surface area contributed by atoms with Crippen LogP contribution in [0.1, 0.15) is 67.2 Å². The zero-order chi connectivity index (χ0) is 28.8. The lowest BCUT2D eigenvalue weighted by Crippen LogP contribution is -2.66. The lowest BCUT2D eigenvalue weighted by atomic mass is 9.70. The highest BCUT2D eigenvalue weighted by atomic mass is 28.4. The molecule has 3 aliphatic rings. The van der Waals surface area contributed by atoms with Crippen LogP contribution in [0, 0.1) is 39.9 Å². The monoisotopic (exact) mass is 561 g/mol. The van der Waals surface area contributed by atoms with Crippen LogP contribution in [0.15, 0.2) is 60.7 Å². The van der Waals surface area contributed by atoms with Crippen molar-refractivity contribution in [2.24, 2.45) is 28.6 Å². The largest absolute Gasteiger partial charge is 0.406 e. The van der Waals surface area contributed by atoms with E-state index in [1.165, 1.54) is 23.2 Å². The van der Waals surface area contributed by atoms with Crippen molar-refractivity contribution in [3.8, 4) is 6.07 Å². The summed E-state index contributed by atoms with van der Waals surface area (Å²) in [6.07, 6.45) is 2.93. The van der Waals surface area contributed by atoms with Gasteiger partial charge in [-0.15, -0.1) is 0 Å². The summed E-state index contributed by atoms with van der Waals surface area (Å²) in [5, 5.41) is 23.2. The van der Waals surface area contributed by atoms with Crippen molar-refractivity contribution in [2.45, 2.75) is 90.8 Å². The molecular formula is C34H47NO4Si. The van der Waals surface area contributed by atoms with E-state index < -0.39 is 20.3 Å². The van der Waals surface area contributed by atoms with E-state index in [4.69, 9.17) is 13.9 Å². The number of hydrogen-bond acceptors (Lipinski definition) is 5. The molecule has 3 fully saturated rings. The van der Waals surface area contributed by atoms with Crippen molar-refractivity contribution in [1.29, 1.82) is 5.26 Å². The fourth-order valence-electron chi connectivity index (χ4n) is 8.35. The van der Waals surface area contributed by atoms with E-state index in [-0.39, 0.29) is 36.1 Å². The van der Waals surface area contributed by atoms with Crippen LogP contribution in [0.3, 0.4) is 0 Å². The predicted octanol–water partition coefficient (Wildman–Crippen LogP) is 5.66. The molecule has 2 bridgehead atoms. The molecule has 40 heavy (non-hydrogen) atoms. The van der Waals surface area contributed by atoms with E-state index in [0.717, 1.165) is 6.42 Å². The van der Waals surface area contributed by atoms with Gasteiger partial charge in [0.1, 0.15) is 0 Å². The highest BCUT2D eigenvalue weighted by Gasteiger charge is 2.69. The normalized spacial score (nSPS) is 30.6. The molecule has 5 nitrogen and oxygen atoms in total. The highest BCUT2D eigenvalue weighted by Crippen LogP contribution is 2.71. The third-order valence-corrected chi connectivity index (χ3v) is 15.8. The van der Waals surface area contributed by atoms with Gasteiger partial charge in [0.25, 0.3) is 8.32 Å². The second-order valence-corrected chi connectivity index (χ2v) is 18.5. The number of nitriles is 1. The van der Waals surface area contributed by atoms with Crippen molar-refractivity contribution in [3.63, 3.8) is 0 Å². The van der Waals surface area contributed by atoms with Gasteiger partial charge in [-0.25, -0.2) is 0 Å². The molecule has 2 aromatic carbocycles. The van der Waals surface area contributed by atoms with Crippen LogP contribution in [0.4, 0.5) is 0 Å². The number of nitrogens with zero attached hydrogens (tertiary/aromatic N) is 1. The summed E-state index contributed by atoms with van der Waals surface area (Å²) in [6, 6.07) is 23.3. The van der Waals surface area contributed by atoms with Gasteiger partial charge in [-0.3, -0.25) is 0 Å². The first-order valence-corrected chi connectivity index (χ1v) is 16.9. The van der Waals surface area contributed by atoms with E-state index >= 15 is 0 Å². The van der Waals surface area contributed by atoms with Gasteiger partial charge in [0.2, 0.25) is 0 Å². The van der Waals surface area contributed by atoms with Crippen LogP contribution in [-0.2, 0) is 13.9 Å². The second kappa shape index (κ2) is 11.0. The number of hydrogen-bond donors (Lipinski definition) is 1. The minimum absolute atomic E-state index is 0.167. The molecule has 0 unspecified atom stereocenters. The Morgan fingerprint density at radius 1 is 1.02 bits per heavy atom. The Morgan fingerprint density at radius 2 is 1.62 bits per heavy atom. The first-order chi connectivity index (χ1) is 18.9. The summed E-state index contributed by atoms with van der Waals surface area (Å²) in [7, 11) is -2.74. The van der Waals surface area contributed by atoms with Gasteiger partial charge in [0.15, 0.2) is 6.29 Å². The summed E-state index contributed by atoms with van der Waals surface area (Å²) >= 11 is 0. The molecule has 1 N–H and O–H groups in total. The van der Waals surface area contributed by atoms with Gasteiger partial charge >= 0.3 is 0 Å². The zero-order valence-corrected chi connectivity index (χ0v) is 26.1. The molecule has 1 saturated heterocycles. The SMILES string of the molecule is CC1(C)[C@@H]2CC[C@@]1(C)[C@@H]1O[C@@H](OC[C@@H](O)C[C@H](C#N)CO[Si](c3ccccc3)(c3ccccc3)C(C)(C)C)C[C@H]21. The average molecular weight is 562 g/mol. The molecule has 0 radical (unpaired) electrons. The second-order valence-electron chi connectivity index (χ2n) is 14.2. The molecule has 6 heteroatoms. The molecule has 0 amide bonds. The Bertz CT molecular complexity index is 1150. The molecule has 2 saturated carbocycles. The number of aliphatic hydroxyl groups is 1. The number of rotatable bonds is 10. The van der Waals surface area contributed by atoms with Gasteiger partial charge in [-0.1, -0.05) is 102 Å². The molecule has 0 aromatic heterocycles. The van der Waals surface area contributed by atoms with Crippen LogP contribution >= 0.6 is 0 Å². The van der Waals surface area contributed by atoms with Gasteiger partial charge in [0, 0.05) is 6.42 Å². The fourth-order valence-corrected chi connectivity index (χ4v) is 13.0. The zero-order valence-electron chi connectivity index (χ0n) is 25.1. The maximum atomic E-state index is 10.9. The van der Waals surface area contributed by atoms with Crippen molar-refractivity contribution in [2.75, 3.05) is 13.2 Å².